The highest BCUT2D eigenvalue weighted by molar-refractivity contribution is 5.57. The minimum Gasteiger partial charge on any atom is -0.494 e. The number of hydrogen-bond acceptors (Lipinski definition) is 4. The SMILES string of the molecule is COc1ccccc1N(OC)C1CCO[CH]C1F. The zero-order chi connectivity index (χ0) is 13.0. The Morgan fingerprint density at radius 2 is 2.11 bits per heavy atom. The van der Waals surface area contributed by atoms with E-state index in [0.29, 0.717) is 24.5 Å². The van der Waals surface area contributed by atoms with E-state index in [-0.39, 0.29) is 0 Å². The summed E-state index contributed by atoms with van der Waals surface area (Å²) in [6.07, 6.45) is -0.632. The summed E-state index contributed by atoms with van der Waals surface area (Å²) < 4.78 is 24.1. The van der Waals surface area contributed by atoms with Crippen LogP contribution in [0.2, 0.25) is 0 Å². The lowest BCUT2D eigenvalue weighted by molar-refractivity contribution is 0.0293. The second kappa shape index (κ2) is 6.02. The summed E-state index contributed by atoms with van der Waals surface area (Å²) in [7, 11) is 3.10. The van der Waals surface area contributed by atoms with Gasteiger partial charge >= 0.3 is 0 Å². The van der Waals surface area contributed by atoms with E-state index in [2.05, 4.69) is 0 Å². The zero-order valence-corrected chi connectivity index (χ0v) is 10.5. The smallest absolute Gasteiger partial charge is 0.152 e. The molecule has 1 fully saturated rings. The fourth-order valence-electron chi connectivity index (χ4n) is 2.07. The van der Waals surface area contributed by atoms with Crippen LogP contribution in [-0.2, 0) is 9.57 Å². The molecule has 1 saturated heterocycles. The minimum atomic E-state index is -1.19. The highest BCUT2D eigenvalue weighted by atomic mass is 19.1. The molecule has 1 radical (unpaired) electrons. The first-order valence-electron chi connectivity index (χ1n) is 5.83. The van der Waals surface area contributed by atoms with Gasteiger partial charge in [0.2, 0.25) is 0 Å². The van der Waals surface area contributed by atoms with E-state index >= 15 is 0 Å². The third kappa shape index (κ3) is 2.57. The van der Waals surface area contributed by atoms with Crippen LogP contribution in [-0.4, -0.2) is 33.0 Å². The predicted octanol–water partition coefficient (Wildman–Crippen LogP) is 2.35. The molecule has 0 spiro atoms. The number of rotatable bonds is 4. The molecule has 0 bridgehead atoms. The molecule has 0 amide bonds. The van der Waals surface area contributed by atoms with Gasteiger partial charge in [0.1, 0.15) is 18.0 Å². The van der Waals surface area contributed by atoms with Crippen molar-refractivity contribution in [3.63, 3.8) is 0 Å². The molecule has 5 heteroatoms. The van der Waals surface area contributed by atoms with Crippen LogP contribution in [0.15, 0.2) is 24.3 Å². The molecule has 0 N–H and O–H groups in total. The van der Waals surface area contributed by atoms with Gasteiger partial charge in [-0.25, -0.2) is 9.45 Å². The fourth-order valence-corrected chi connectivity index (χ4v) is 2.07. The summed E-state index contributed by atoms with van der Waals surface area (Å²) in [5, 5.41) is 1.54. The lowest BCUT2D eigenvalue weighted by Gasteiger charge is -2.36. The van der Waals surface area contributed by atoms with Crippen LogP contribution in [0.4, 0.5) is 10.1 Å². The van der Waals surface area contributed by atoms with E-state index in [4.69, 9.17) is 14.3 Å². The number of benzene rings is 1. The number of ether oxygens (including phenoxy) is 2. The van der Waals surface area contributed by atoms with Gasteiger partial charge in [-0.3, -0.25) is 4.84 Å². The van der Waals surface area contributed by atoms with E-state index < -0.39 is 12.2 Å². The molecule has 99 valence electrons. The van der Waals surface area contributed by atoms with E-state index in [9.17, 15) is 4.39 Å². The number of nitrogens with zero attached hydrogens (tertiary/aromatic N) is 1. The van der Waals surface area contributed by atoms with Crippen LogP contribution in [0.1, 0.15) is 6.42 Å². The molecular formula is C13H17FNO3. The van der Waals surface area contributed by atoms with Crippen molar-refractivity contribution >= 4 is 5.69 Å². The van der Waals surface area contributed by atoms with Crippen LogP contribution in [0, 0.1) is 6.61 Å². The summed E-state index contributed by atoms with van der Waals surface area (Å²) >= 11 is 0. The first kappa shape index (κ1) is 13.1. The van der Waals surface area contributed by atoms with Crippen molar-refractivity contribution in [2.45, 2.75) is 18.6 Å². The van der Waals surface area contributed by atoms with Gasteiger partial charge in [-0.1, -0.05) is 12.1 Å². The molecule has 18 heavy (non-hydrogen) atoms. The van der Waals surface area contributed by atoms with E-state index in [1.165, 1.54) is 13.7 Å². The fraction of sp³-hybridized carbons (Fsp3) is 0.462. The third-order valence-corrected chi connectivity index (χ3v) is 2.95. The molecule has 1 heterocycles. The minimum absolute atomic E-state index is 0.403. The van der Waals surface area contributed by atoms with Gasteiger partial charge in [-0.05, 0) is 18.6 Å². The molecule has 0 saturated carbocycles. The lowest BCUT2D eigenvalue weighted by Crippen LogP contribution is -2.45. The molecule has 2 rings (SSSR count). The quantitative estimate of drug-likeness (QED) is 0.772. The highest BCUT2D eigenvalue weighted by Crippen LogP contribution is 2.32. The number of methoxy groups -OCH3 is 1. The van der Waals surface area contributed by atoms with Gasteiger partial charge in [0.05, 0.1) is 20.3 Å². The Balaban J connectivity index is 2.26. The topological polar surface area (TPSA) is 30.9 Å². The Morgan fingerprint density at radius 1 is 1.33 bits per heavy atom. The molecule has 4 nitrogen and oxygen atoms in total. The first-order chi connectivity index (χ1) is 8.77. The largest absolute Gasteiger partial charge is 0.494 e. The third-order valence-electron chi connectivity index (χ3n) is 2.95. The molecule has 0 aromatic heterocycles. The van der Waals surface area contributed by atoms with Crippen molar-refractivity contribution in [1.82, 2.24) is 0 Å². The average Bonchev–Trinajstić information content (AvgIpc) is 2.42. The molecule has 0 aliphatic carbocycles. The Kier molecular flexibility index (Phi) is 4.38. The standard InChI is InChI=1S/C13H17FNO3/c1-16-13-6-4-3-5-12(13)15(17-2)11-7-8-18-9-10(11)14/h3-6,9-11H,7-8H2,1-2H3. The van der Waals surface area contributed by atoms with Crippen LogP contribution in [0.5, 0.6) is 5.75 Å². The summed E-state index contributed by atoms with van der Waals surface area (Å²) in [4.78, 5) is 5.33. The summed E-state index contributed by atoms with van der Waals surface area (Å²) in [5.41, 5.74) is 0.713. The lowest BCUT2D eigenvalue weighted by atomic mass is 10.1. The number of hydroxylamine groups is 1. The van der Waals surface area contributed by atoms with Gasteiger partial charge in [0, 0.05) is 6.61 Å². The summed E-state index contributed by atoms with van der Waals surface area (Å²) in [5.74, 6) is 0.651. The molecule has 1 aromatic rings. The number of alkyl halides is 1. The summed E-state index contributed by atoms with van der Waals surface area (Å²) in [6.45, 7) is 1.70. The Bertz CT molecular complexity index is 388. The normalized spacial score (nSPS) is 23.7. The van der Waals surface area contributed by atoms with Crippen molar-refractivity contribution in [2.24, 2.45) is 0 Å². The maximum Gasteiger partial charge on any atom is 0.152 e. The van der Waals surface area contributed by atoms with Crippen molar-refractivity contribution in [3.05, 3.63) is 30.9 Å². The average molecular weight is 254 g/mol. The highest BCUT2D eigenvalue weighted by Gasteiger charge is 2.33. The van der Waals surface area contributed by atoms with E-state index in [0.717, 1.165) is 0 Å². The molecule has 1 aromatic carbocycles. The Hall–Kier alpha value is -1.33. The molecule has 1 aliphatic rings. The number of halogens is 1. The van der Waals surface area contributed by atoms with Gasteiger partial charge in [-0.15, -0.1) is 0 Å². The van der Waals surface area contributed by atoms with Gasteiger partial charge in [0.25, 0.3) is 0 Å². The van der Waals surface area contributed by atoms with Crippen molar-refractivity contribution in [1.29, 1.82) is 0 Å². The van der Waals surface area contributed by atoms with Gasteiger partial charge in [-0.2, -0.15) is 0 Å². The number of para-hydroxylation sites is 2. The monoisotopic (exact) mass is 254 g/mol. The number of hydrogen-bond donors (Lipinski definition) is 0. The van der Waals surface area contributed by atoms with Crippen LogP contribution < -0.4 is 9.80 Å². The number of anilines is 1. The van der Waals surface area contributed by atoms with Crippen LogP contribution in [0.25, 0.3) is 0 Å². The van der Waals surface area contributed by atoms with E-state index in [1.54, 1.807) is 12.2 Å². The zero-order valence-electron chi connectivity index (χ0n) is 10.5. The Labute approximate surface area is 106 Å². The maximum atomic E-state index is 13.9. The first-order valence-corrected chi connectivity index (χ1v) is 5.83. The predicted molar refractivity (Wildman–Crippen MR) is 66.0 cm³/mol. The Morgan fingerprint density at radius 3 is 2.78 bits per heavy atom. The molecule has 1 aliphatic heterocycles. The van der Waals surface area contributed by atoms with Crippen molar-refractivity contribution in [3.8, 4) is 5.75 Å². The van der Waals surface area contributed by atoms with Crippen LogP contribution >= 0.6 is 0 Å². The van der Waals surface area contributed by atoms with Gasteiger partial charge in [0.15, 0.2) is 6.17 Å². The maximum absolute atomic E-state index is 13.9. The van der Waals surface area contributed by atoms with Crippen LogP contribution in [0.3, 0.4) is 0 Å². The van der Waals surface area contributed by atoms with Crippen molar-refractivity contribution in [2.75, 3.05) is 25.9 Å². The molecule has 2 atom stereocenters. The molecular weight excluding hydrogens is 237 g/mol. The second-order valence-electron chi connectivity index (χ2n) is 3.99. The summed E-state index contributed by atoms with van der Waals surface area (Å²) in [6, 6.07) is 6.97. The molecule has 2 unspecified atom stereocenters. The van der Waals surface area contributed by atoms with E-state index in [1.807, 2.05) is 24.3 Å². The van der Waals surface area contributed by atoms with Gasteiger partial charge < -0.3 is 9.47 Å². The van der Waals surface area contributed by atoms with Crippen molar-refractivity contribution < 1.29 is 18.7 Å². The second-order valence-corrected chi connectivity index (χ2v) is 3.99.